The fraction of sp³-hybridized carbons (Fsp3) is 0.167. The Kier molecular flexibility index (Phi) is 8.17. The molecule has 1 N–H and O–H groups in total. The highest BCUT2D eigenvalue weighted by atomic mass is 32.2. The van der Waals surface area contributed by atoms with Crippen LogP contribution in [0.4, 0.5) is 0 Å². The first-order chi connectivity index (χ1) is 15.9. The van der Waals surface area contributed by atoms with E-state index < -0.39 is 22.5 Å². The summed E-state index contributed by atoms with van der Waals surface area (Å²) in [7, 11) is -0.840. The third-order valence-electron chi connectivity index (χ3n) is 4.74. The van der Waals surface area contributed by atoms with Crippen molar-refractivity contribution in [2.75, 3.05) is 20.8 Å². The lowest BCUT2D eigenvalue weighted by atomic mass is 10.2. The molecule has 33 heavy (non-hydrogen) atoms. The van der Waals surface area contributed by atoms with E-state index in [1.54, 1.807) is 55.6 Å². The number of rotatable bonds is 10. The number of methoxy groups -OCH3 is 2. The number of hydrogen-bond acceptors (Lipinski definition) is 6. The first-order valence-corrected chi connectivity index (χ1v) is 11.5. The van der Waals surface area contributed by atoms with Crippen LogP contribution in [0.3, 0.4) is 0 Å². The number of ether oxygens (including phenoxy) is 2. The Morgan fingerprint density at radius 2 is 1.64 bits per heavy atom. The highest BCUT2D eigenvalue weighted by molar-refractivity contribution is 7.89. The fourth-order valence-corrected chi connectivity index (χ4v) is 4.45. The van der Waals surface area contributed by atoms with Crippen molar-refractivity contribution < 1.29 is 22.7 Å². The maximum Gasteiger partial charge on any atom is 0.255 e. The quantitative estimate of drug-likeness (QED) is 0.365. The van der Waals surface area contributed by atoms with Crippen molar-refractivity contribution >= 4 is 22.1 Å². The average molecular weight is 468 g/mol. The predicted molar refractivity (Wildman–Crippen MR) is 126 cm³/mol. The molecule has 0 aliphatic carbocycles. The number of sulfonamides is 1. The van der Waals surface area contributed by atoms with Crippen LogP contribution in [-0.4, -0.2) is 45.6 Å². The molecule has 1 amide bonds. The molecule has 0 bridgehead atoms. The van der Waals surface area contributed by atoms with Gasteiger partial charge in [-0.3, -0.25) is 4.79 Å². The van der Waals surface area contributed by atoms with Gasteiger partial charge in [0, 0.05) is 18.2 Å². The minimum absolute atomic E-state index is 0.0432. The SMILES string of the molecule is COc1ccc(/C=N/NC(=O)CN(Cc2ccccc2)S(=O)(=O)c2ccccc2)c(OC)c1. The van der Waals surface area contributed by atoms with Crippen LogP contribution in [0.15, 0.2) is 88.9 Å². The number of carbonyl (C=O) groups excluding carboxylic acids is 1. The molecule has 0 spiro atoms. The smallest absolute Gasteiger partial charge is 0.255 e. The van der Waals surface area contributed by atoms with E-state index >= 15 is 0 Å². The molecule has 0 saturated heterocycles. The number of hydrogen-bond donors (Lipinski definition) is 1. The van der Waals surface area contributed by atoms with Gasteiger partial charge in [0.2, 0.25) is 10.0 Å². The van der Waals surface area contributed by atoms with Gasteiger partial charge in [-0.2, -0.15) is 9.41 Å². The van der Waals surface area contributed by atoms with Crippen molar-refractivity contribution in [3.63, 3.8) is 0 Å². The summed E-state index contributed by atoms with van der Waals surface area (Å²) in [5.41, 5.74) is 3.77. The van der Waals surface area contributed by atoms with E-state index in [1.165, 1.54) is 25.5 Å². The van der Waals surface area contributed by atoms with E-state index in [0.29, 0.717) is 17.1 Å². The van der Waals surface area contributed by atoms with E-state index in [-0.39, 0.29) is 11.4 Å². The van der Waals surface area contributed by atoms with Gasteiger partial charge in [-0.1, -0.05) is 48.5 Å². The molecule has 0 radical (unpaired) electrons. The van der Waals surface area contributed by atoms with Crippen molar-refractivity contribution in [2.24, 2.45) is 5.10 Å². The zero-order valence-electron chi connectivity index (χ0n) is 18.3. The maximum absolute atomic E-state index is 13.2. The van der Waals surface area contributed by atoms with Gasteiger partial charge in [-0.15, -0.1) is 0 Å². The van der Waals surface area contributed by atoms with Gasteiger partial charge in [-0.05, 0) is 29.8 Å². The Balaban J connectivity index is 1.76. The minimum Gasteiger partial charge on any atom is -0.497 e. The summed E-state index contributed by atoms with van der Waals surface area (Å²) in [6, 6.07) is 22.2. The zero-order valence-corrected chi connectivity index (χ0v) is 19.2. The number of hydrazone groups is 1. The van der Waals surface area contributed by atoms with Crippen LogP contribution < -0.4 is 14.9 Å². The van der Waals surface area contributed by atoms with Crippen LogP contribution in [0.2, 0.25) is 0 Å². The number of amides is 1. The molecule has 172 valence electrons. The van der Waals surface area contributed by atoms with E-state index in [0.717, 1.165) is 9.87 Å². The molecular weight excluding hydrogens is 442 g/mol. The first kappa shape index (κ1) is 24.0. The monoisotopic (exact) mass is 467 g/mol. The molecule has 3 aromatic rings. The summed E-state index contributed by atoms with van der Waals surface area (Å²) in [5.74, 6) is 0.564. The molecule has 8 nitrogen and oxygen atoms in total. The molecule has 0 aromatic heterocycles. The number of nitrogens with one attached hydrogen (secondary N) is 1. The van der Waals surface area contributed by atoms with Gasteiger partial charge in [0.1, 0.15) is 11.5 Å². The minimum atomic E-state index is -3.90. The Morgan fingerprint density at radius 1 is 0.970 bits per heavy atom. The van der Waals surface area contributed by atoms with Crippen molar-refractivity contribution in [3.05, 3.63) is 90.0 Å². The topological polar surface area (TPSA) is 97.3 Å². The summed E-state index contributed by atoms with van der Waals surface area (Å²) in [6.45, 7) is -0.356. The molecule has 3 rings (SSSR count). The van der Waals surface area contributed by atoms with Gasteiger partial charge in [0.05, 0.1) is 31.9 Å². The zero-order chi connectivity index (χ0) is 23.7. The average Bonchev–Trinajstić information content (AvgIpc) is 2.85. The van der Waals surface area contributed by atoms with Crippen LogP contribution in [0.1, 0.15) is 11.1 Å². The molecule has 0 heterocycles. The third kappa shape index (κ3) is 6.41. The second-order valence-electron chi connectivity index (χ2n) is 6.97. The van der Waals surface area contributed by atoms with Gasteiger partial charge in [0.25, 0.3) is 5.91 Å². The Hall–Kier alpha value is -3.69. The normalized spacial score (nSPS) is 11.5. The van der Waals surface area contributed by atoms with Gasteiger partial charge in [-0.25, -0.2) is 13.8 Å². The van der Waals surface area contributed by atoms with Crippen molar-refractivity contribution in [1.29, 1.82) is 0 Å². The van der Waals surface area contributed by atoms with Gasteiger partial charge in [0.15, 0.2) is 0 Å². The molecule has 0 aliphatic heterocycles. The Labute approximate surface area is 193 Å². The van der Waals surface area contributed by atoms with Crippen molar-refractivity contribution in [1.82, 2.24) is 9.73 Å². The van der Waals surface area contributed by atoms with Crippen molar-refractivity contribution in [2.45, 2.75) is 11.4 Å². The van der Waals surface area contributed by atoms with E-state index in [4.69, 9.17) is 9.47 Å². The maximum atomic E-state index is 13.2. The lowest BCUT2D eigenvalue weighted by Gasteiger charge is -2.21. The lowest BCUT2D eigenvalue weighted by Crippen LogP contribution is -2.39. The summed E-state index contributed by atoms with van der Waals surface area (Å²) in [6.07, 6.45) is 1.42. The highest BCUT2D eigenvalue weighted by Crippen LogP contribution is 2.23. The molecule has 9 heteroatoms. The third-order valence-corrected chi connectivity index (χ3v) is 6.54. The van der Waals surface area contributed by atoms with Crippen molar-refractivity contribution in [3.8, 4) is 11.5 Å². The number of nitrogens with zero attached hydrogens (tertiary/aromatic N) is 2. The highest BCUT2D eigenvalue weighted by Gasteiger charge is 2.26. The predicted octanol–water partition coefficient (Wildman–Crippen LogP) is 3.05. The van der Waals surface area contributed by atoms with Crippen LogP contribution in [0.5, 0.6) is 11.5 Å². The Morgan fingerprint density at radius 3 is 2.27 bits per heavy atom. The standard InChI is InChI=1S/C24H25N3O5S/c1-31-21-14-13-20(23(15-21)32-2)16-25-26-24(28)18-27(17-19-9-5-3-6-10-19)33(29,30)22-11-7-4-8-12-22/h3-16H,17-18H2,1-2H3,(H,26,28)/b25-16+. The second-order valence-corrected chi connectivity index (χ2v) is 8.91. The van der Waals surface area contributed by atoms with Crippen LogP contribution >= 0.6 is 0 Å². The van der Waals surface area contributed by atoms with Gasteiger partial charge >= 0.3 is 0 Å². The van der Waals surface area contributed by atoms with Crippen LogP contribution in [-0.2, 0) is 21.4 Å². The van der Waals surface area contributed by atoms with E-state index in [9.17, 15) is 13.2 Å². The Bertz CT molecular complexity index is 1200. The number of carbonyl (C=O) groups is 1. The molecular formula is C24H25N3O5S. The summed E-state index contributed by atoms with van der Waals surface area (Å²) in [5, 5.41) is 3.95. The molecule has 3 aromatic carbocycles. The van der Waals surface area contributed by atoms with E-state index in [1.807, 2.05) is 18.2 Å². The molecule has 0 saturated carbocycles. The molecule has 0 atom stereocenters. The molecule has 0 fully saturated rings. The molecule has 0 unspecified atom stereocenters. The summed E-state index contributed by atoms with van der Waals surface area (Å²) < 4.78 is 38.0. The first-order valence-electron chi connectivity index (χ1n) is 10.1. The number of benzene rings is 3. The van der Waals surface area contributed by atoms with Crippen LogP contribution in [0.25, 0.3) is 0 Å². The summed E-state index contributed by atoms with van der Waals surface area (Å²) >= 11 is 0. The second kappa shape index (κ2) is 11.3. The largest absolute Gasteiger partial charge is 0.497 e. The fourth-order valence-electron chi connectivity index (χ4n) is 3.05. The van der Waals surface area contributed by atoms with Crippen LogP contribution in [0, 0.1) is 0 Å². The lowest BCUT2D eigenvalue weighted by molar-refractivity contribution is -0.121. The van der Waals surface area contributed by atoms with E-state index in [2.05, 4.69) is 10.5 Å². The summed E-state index contributed by atoms with van der Waals surface area (Å²) in [4.78, 5) is 12.7. The van der Waals surface area contributed by atoms with Gasteiger partial charge < -0.3 is 9.47 Å². The molecule has 0 aliphatic rings.